The van der Waals surface area contributed by atoms with Crippen LogP contribution in [0.5, 0.6) is 0 Å². The second-order valence-corrected chi connectivity index (χ2v) is 6.60. The number of rotatable bonds is 2. The zero-order chi connectivity index (χ0) is 17.6. The lowest BCUT2D eigenvalue weighted by Crippen LogP contribution is -2.43. The zero-order valence-electron chi connectivity index (χ0n) is 12.3. The first-order valence-corrected chi connectivity index (χ1v) is 8.01. The number of aliphatic hydroxyl groups excluding tert-OH is 2. The largest absolute Gasteiger partial charge is 0.391 e. The Morgan fingerprint density at radius 3 is 2.96 bits per heavy atom. The summed E-state index contributed by atoms with van der Waals surface area (Å²) in [6.45, 7) is 1.48. The fraction of sp³-hybridized carbons (Fsp3) is 0.462. The summed E-state index contributed by atoms with van der Waals surface area (Å²) in [6.07, 6.45) is -2.84. The maximum Gasteiger partial charge on any atom is 0.200 e. The number of halogens is 2. The molecule has 0 saturated carbocycles. The molecule has 24 heavy (non-hydrogen) atoms. The van der Waals surface area contributed by atoms with Gasteiger partial charge >= 0.3 is 0 Å². The van der Waals surface area contributed by atoms with Gasteiger partial charge in [0.25, 0.3) is 0 Å². The van der Waals surface area contributed by atoms with Crippen LogP contribution in [0.3, 0.4) is 0 Å². The Kier molecular flexibility index (Phi) is 4.46. The monoisotopic (exact) mass is 389 g/mol. The van der Waals surface area contributed by atoms with E-state index in [9.17, 15) is 10.2 Å². The van der Waals surface area contributed by atoms with Crippen molar-refractivity contribution in [2.75, 3.05) is 5.73 Å². The fourth-order valence-corrected chi connectivity index (χ4v) is 3.47. The summed E-state index contributed by atoms with van der Waals surface area (Å²) < 4.78 is 7.44. The normalized spacial score (nSPS) is 31.0. The van der Waals surface area contributed by atoms with Crippen molar-refractivity contribution in [2.24, 2.45) is 0 Å². The molecule has 2 unspecified atom stereocenters. The van der Waals surface area contributed by atoms with Crippen molar-refractivity contribution in [2.45, 2.75) is 36.3 Å². The van der Waals surface area contributed by atoms with E-state index in [2.05, 4.69) is 26.3 Å². The number of hydrogen-bond acceptors (Lipinski definition) is 7. The van der Waals surface area contributed by atoms with Crippen LogP contribution in [0, 0.1) is 15.9 Å². The Bertz CT molecular complexity index is 904. The number of nitrogens with one attached hydrogen (secondary N) is 1. The first kappa shape index (κ1) is 17.4. The highest BCUT2D eigenvalue weighted by Gasteiger charge is 2.57. The molecule has 5 atom stereocenters. The average Bonchev–Trinajstić information content (AvgIpc) is 3.00. The number of alkyl halides is 1. The van der Waals surface area contributed by atoms with Crippen molar-refractivity contribution in [3.05, 3.63) is 11.0 Å². The number of fused-ring (bicyclic) bond motifs is 1. The van der Waals surface area contributed by atoms with E-state index in [1.807, 2.05) is 0 Å². The van der Waals surface area contributed by atoms with Gasteiger partial charge in [-0.1, -0.05) is 29.7 Å². The van der Waals surface area contributed by atoms with E-state index in [0.717, 1.165) is 0 Å². The van der Waals surface area contributed by atoms with Gasteiger partial charge in [-0.3, -0.25) is 4.57 Å². The van der Waals surface area contributed by atoms with Crippen LogP contribution < -0.4 is 5.73 Å². The minimum atomic E-state index is -1.61. The molecule has 2 aromatic heterocycles. The van der Waals surface area contributed by atoms with Gasteiger partial charge in [0.05, 0.1) is 12.4 Å². The highest BCUT2D eigenvalue weighted by Crippen LogP contribution is 2.45. The SMILES string of the molecule is C[C@@H](O)[C@H]1O[C@@H](n2cnc3c(=S)nc(N)[nH]c32)C(Cl)(C#CCl)C1O. The Labute approximate surface area is 151 Å². The van der Waals surface area contributed by atoms with E-state index in [1.54, 1.807) is 0 Å². The smallest absolute Gasteiger partial charge is 0.200 e. The number of nitrogens with zero attached hydrogens (tertiary/aromatic N) is 3. The highest BCUT2D eigenvalue weighted by molar-refractivity contribution is 7.71. The first-order chi connectivity index (χ1) is 11.3. The number of anilines is 1. The predicted octanol–water partition coefficient (Wildman–Crippen LogP) is 0.887. The molecule has 0 spiro atoms. The Hall–Kier alpha value is -1.41. The van der Waals surface area contributed by atoms with Gasteiger partial charge in [0.1, 0.15) is 23.4 Å². The molecule has 11 heteroatoms. The Morgan fingerprint density at radius 1 is 1.62 bits per heavy atom. The predicted molar refractivity (Wildman–Crippen MR) is 90.9 cm³/mol. The lowest BCUT2D eigenvalue weighted by molar-refractivity contribution is -0.0752. The number of nitrogens with two attached hydrogens (primary N) is 1. The number of nitrogen functional groups attached to an aromatic ring is 1. The van der Waals surface area contributed by atoms with Gasteiger partial charge in [-0.25, -0.2) is 9.97 Å². The molecule has 0 aromatic carbocycles. The van der Waals surface area contributed by atoms with E-state index in [1.165, 1.54) is 17.8 Å². The van der Waals surface area contributed by atoms with Crippen LogP contribution in [0.25, 0.3) is 11.2 Å². The van der Waals surface area contributed by atoms with Gasteiger partial charge in [-0.05, 0) is 18.5 Å². The zero-order valence-corrected chi connectivity index (χ0v) is 14.6. The standard InChI is InChI=1S/C13H13Cl2N5O3S/c1-5(21)7-8(22)13(15,2-3-14)11(23-7)20-4-17-6-9(20)18-12(16)19-10(6)24/h4-5,7-8,11,21-22H,1H3,(H3,16,18,19,24)/t5-,7-,8?,11-,13?/m1/s1. The molecule has 128 valence electrons. The van der Waals surface area contributed by atoms with Gasteiger partial charge in [0.2, 0.25) is 0 Å². The van der Waals surface area contributed by atoms with Crippen molar-refractivity contribution in [3.63, 3.8) is 0 Å². The minimum absolute atomic E-state index is 0.0865. The second-order valence-electron chi connectivity index (χ2n) is 5.40. The molecule has 1 saturated heterocycles. The molecule has 5 N–H and O–H groups in total. The number of imidazole rings is 1. The number of aliphatic hydroxyl groups is 2. The number of H-pyrrole nitrogens is 1. The molecular formula is C13H13Cl2N5O3S. The first-order valence-electron chi connectivity index (χ1n) is 6.85. The molecule has 0 aliphatic carbocycles. The molecule has 2 aromatic rings. The van der Waals surface area contributed by atoms with E-state index < -0.39 is 29.4 Å². The van der Waals surface area contributed by atoms with Gasteiger partial charge in [0.15, 0.2) is 21.7 Å². The van der Waals surface area contributed by atoms with Crippen molar-refractivity contribution >= 4 is 52.5 Å². The number of hydrogen-bond donors (Lipinski definition) is 4. The second kappa shape index (κ2) is 6.15. The molecule has 3 rings (SSSR count). The lowest BCUT2D eigenvalue weighted by atomic mass is 9.97. The summed E-state index contributed by atoms with van der Waals surface area (Å²) in [7, 11) is 0. The van der Waals surface area contributed by atoms with Crippen molar-refractivity contribution in [1.82, 2.24) is 19.5 Å². The topological polar surface area (TPSA) is 122 Å². The van der Waals surface area contributed by atoms with Crippen LogP contribution in [0.15, 0.2) is 6.33 Å². The molecule has 3 heterocycles. The van der Waals surface area contributed by atoms with Crippen LogP contribution in [0.1, 0.15) is 13.2 Å². The number of aromatic nitrogens is 4. The van der Waals surface area contributed by atoms with E-state index in [4.69, 9.17) is 45.9 Å². The quantitative estimate of drug-likeness (QED) is 0.341. The minimum Gasteiger partial charge on any atom is -0.391 e. The maximum atomic E-state index is 10.5. The summed E-state index contributed by atoms with van der Waals surface area (Å²) in [6, 6.07) is 0. The summed E-state index contributed by atoms with van der Waals surface area (Å²) in [5.41, 5.74) is 6.48. The van der Waals surface area contributed by atoms with E-state index in [-0.39, 0.29) is 10.6 Å². The van der Waals surface area contributed by atoms with Crippen LogP contribution in [-0.2, 0) is 4.74 Å². The van der Waals surface area contributed by atoms with Crippen LogP contribution in [-0.4, -0.2) is 52.9 Å². The van der Waals surface area contributed by atoms with Crippen molar-refractivity contribution in [3.8, 4) is 11.3 Å². The average molecular weight is 390 g/mol. The third kappa shape index (κ3) is 2.56. The fourth-order valence-electron chi connectivity index (χ4n) is 2.69. The van der Waals surface area contributed by atoms with Gasteiger partial charge < -0.3 is 25.7 Å². The molecule has 0 bridgehead atoms. The van der Waals surface area contributed by atoms with Crippen LogP contribution in [0.4, 0.5) is 5.95 Å². The van der Waals surface area contributed by atoms with Gasteiger partial charge in [-0.2, -0.15) is 0 Å². The van der Waals surface area contributed by atoms with E-state index in [0.29, 0.717) is 11.2 Å². The molecule has 1 aliphatic rings. The number of ether oxygens (including phenoxy) is 1. The summed E-state index contributed by atoms with van der Waals surface area (Å²) in [5.74, 6) is 2.63. The number of aromatic amines is 1. The third-order valence-electron chi connectivity index (χ3n) is 3.82. The summed E-state index contributed by atoms with van der Waals surface area (Å²) in [4.78, 5) is 9.32. The highest BCUT2D eigenvalue weighted by atomic mass is 35.5. The van der Waals surface area contributed by atoms with E-state index >= 15 is 0 Å². The maximum absolute atomic E-state index is 10.5. The summed E-state index contributed by atoms with van der Waals surface area (Å²) >= 11 is 17.1. The van der Waals surface area contributed by atoms with Gasteiger partial charge in [0, 0.05) is 5.38 Å². The van der Waals surface area contributed by atoms with Crippen molar-refractivity contribution < 1.29 is 14.9 Å². The Balaban J connectivity index is 2.20. The Morgan fingerprint density at radius 2 is 2.33 bits per heavy atom. The molecule has 1 aliphatic heterocycles. The van der Waals surface area contributed by atoms with Crippen LogP contribution in [0.2, 0.25) is 0 Å². The molecular weight excluding hydrogens is 377 g/mol. The third-order valence-corrected chi connectivity index (χ3v) is 4.70. The van der Waals surface area contributed by atoms with Crippen molar-refractivity contribution in [1.29, 1.82) is 0 Å². The summed E-state index contributed by atoms with van der Waals surface area (Å²) in [5, 5.41) is 22.5. The molecule has 1 fully saturated rings. The lowest BCUT2D eigenvalue weighted by Gasteiger charge is -2.25. The molecule has 0 radical (unpaired) electrons. The van der Waals surface area contributed by atoms with Crippen LogP contribution >= 0.6 is 35.4 Å². The van der Waals surface area contributed by atoms with Gasteiger partial charge in [-0.15, -0.1) is 0 Å². The molecule has 8 nitrogen and oxygen atoms in total. The molecule has 0 amide bonds.